The molecule has 112 valence electrons. The molecule has 0 aliphatic heterocycles. The highest BCUT2D eigenvalue weighted by atomic mass is 35.5. The number of benzene rings is 2. The summed E-state index contributed by atoms with van der Waals surface area (Å²) in [6.45, 7) is 3.80. The molecule has 0 unspecified atom stereocenters. The van der Waals surface area contributed by atoms with Crippen molar-refractivity contribution in [3.05, 3.63) is 52.5 Å². The van der Waals surface area contributed by atoms with Gasteiger partial charge in [0.1, 0.15) is 10.6 Å². The normalized spacial score (nSPS) is 11.2. The Morgan fingerprint density at radius 2 is 1.81 bits per heavy atom. The Labute approximate surface area is 129 Å². The van der Waals surface area contributed by atoms with Crippen LogP contribution in [0.2, 0.25) is 5.02 Å². The second-order valence-electron chi connectivity index (χ2n) is 4.72. The highest BCUT2D eigenvalue weighted by Gasteiger charge is 2.20. The number of halogens is 1. The maximum absolute atomic E-state index is 12.5. The molecule has 2 aromatic rings. The lowest BCUT2D eigenvalue weighted by atomic mass is 10.1. The largest absolute Gasteiger partial charge is 0.495 e. The summed E-state index contributed by atoms with van der Waals surface area (Å²) in [4.78, 5) is 0.0116. The minimum Gasteiger partial charge on any atom is -0.495 e. The summed E-state index contributed by atoms with van der Waals surface area (Å²) in [7, 11) is -2.36. The number of ether oxygens (including phenoxy) is 1. The summed E-state index contributed by atoms with van der Waals surface area (Å²) in [5.41, 5.74) is 2.44. The standard InChI is InChI=1S/C15H16ClNO3S/c1-10-4-6-13(11(2)8-10)17-21(18,19)15-9-12(16)5-7-14(15)20-3/h4-9,17H,1-3H3. The molecule has 0 radical (unpaired) electrons. The molecule has 0 saturated heterocycles. The third-order valence-corrected chi connectivity index (χ3v) is 4.66. The van der Waals surface area contributed by atoms with Crippen LogP contribution in [0.3, 0.4) is 0 Å². The van der Waals surface area contributed by atoms with Crippen molar-refractivity contribution >= 4 is 27.3 Å². The van der Waals surface area contributed by atoms with Gasteiger partial charge in [-0.1, -0.05) is 29.3 Å². The van der Waals surface area contributed by atoms with Gasteiger partial charge in [0, 0.05) is 5.02 Å². The molecular weight excluding hydrogens is 310 g/mol. The van der Waals surface area contributed by atoms with Gasteiger partial charge in [-0.05, 0) is 43.7 Å². The molecule has 1 N–H and O–H groups in total. The SMILES string of the molecule is COc1ccc(Cl)cc1S(=O)(=O)Nc1ccc(C)cc1C. The van der Waals surface area contributed by atoms with Gasteiger partial charge in [0.25, 0.3) is 10.0 Å². The summed E-state index contributed by atoms with van der Waals surface area (Å²) >= 11 is 5.89. The van der Waals surface area contributed by atoms with Crippen LogP contribution in [0.5, 0.6) is 5.75 Å². The molecule has 0 fully saturated rings. The van der Waals surface area contributed by atoms with Gasteiger partial charge < -0.3 is 4.74 Å². The zero-order valence-corrected chi connectivity index (χ0v) is 13.5. The molecule has 0 heterocycles. The first-order valence-electron chi connectivity index (χ1n) is 6.27. The molecule has 0 bridgehead atoms. The van der Waals surface area contributed by atoms with Crippen molar-refractivity contribution in [1.29, 1.82) is 0 Å². The monoisotopic (exact) mass is 325 g/mol. The van der Waals surface area contributed by atoms with Crippen molar-refractivity contribution in [3.63, 3.8) is 0 Å². The first-order chi connectivity index (χ1) is 9.83. The number of methoxy groups -OCH3 is 1. The number of hydrogen-bond donors (Lipinski definition) is 1. The van der Waals surface area contributed by atoms with E-state index in [9.17, 15) is 8.42 Å². The summed E-state index contributed by atoms with van der Waals surface area (Å²) in [5.74, 6) is 0.247. The van der Waals surface area contributed by atoms with Gasteiger partial charge in [-0.25, -0.2) is 8.42 Å². The molecule has 0 amide bonds. The van der Waals surface area contributed by atoms with Gasteiger partial charge in [-0.2, -0.15) is 0 Å². The Kier molecular flexibility index (Phi) is 4.44. The summed E-state index contributed by atoms with van der Waals surface area (Å²) < 4.78 is 32.7. The molecule has 21 heavy (non-hydrogen) atoms. The predicted molar refractivity (Wildman–Crippen MR) is 84.7 cm³/mol. The van der Waals surface area contributed by atoms with Crippen LogP contribution in [0.15, 0.2) is 41.3 Å². The molecule has 2 aromatic carbocycles. The summed E-state index contributed by atoms with van der Waals surface area (Å²) in [6, 6.07) is 9.97. The van der Waals surface area contributed by atoms with Gasteiger partial charge in [-0.3, -0.25) is 4.72 Å². The lowest BCUT2D eigenvalue weighted by Gasteiger charge is -2.13. The highest BCUT2D eigenvalue weighted by molar-refractivity contribution is 7.92. The number of anilines is 1. The molecule has 0 aliphatic rings. The van der Waals surface area contributed by atoms with E-state index in [1.807, 2.05) is 26.0 Å². The molecule has 4 nitrogen and oxygen atoms in total. The van der Waals surface area contributed by atoms with E-state index in [1.165, 1.54) is 19.2 Å². The van der Waals surface area contributed by atoms with E-state index >= 15 is 0 Å². The van der Waals surface area contributed by atoms with Gasteiger partial charge in [-0.15, -0.1) is 0 Å². The van der Waals surface area contributed by atoms with Crippen LogP contribution in [0, 0.1) is 13.8 Å². The first kappa shape index (κ1) is 15.7. The summed E-state index contributed by atoms with van der Waals surface area (Å²) in [6.07, 6.45) is 0. The van der Waals surface area contributed by atoms with Crippen molar-refractivity contribution < 1.29 is 13.2 Å². The second-order valence-corrected chi connectivity index (χ2v) is 6.81. The quantitative estimate of drug-likeness (QED) is 0.931. The van der Waals surface area contributed by atoms with Gasteiger partial charge >= 0.3 is 0 Å². The van der Waals surface area contributed by atoms with E-state index in [0.29, 0.717) is 10.7 Å². The average molecular weight is 326 g/mol. The molecule has 0 spiro atoms. The molecule has 0 aromatic heterocycles. The average Bonchev–Trinajstić information content (AvgIpc) is 2.42. The smallest absolute Gasteiger partial charge is 0.265 e. The Balaban J connectivity index is 2.45. The highest BCUT2D eigenvalue weighted by Crippen LogP contribution is 2.29. The van der Waals surface area contributed by atoms with Crippen molar-refractivity contribution in [2.75, 3.05) is 11.8 Å². The van der Waals surface area contributed by atoms with E-state index in [0.717, 1.165) is 11.1 Å². The topological polar surface area (TPSA) is 55.4 Å². The number of hydrogen-bond acceptors (Lipinski definition) is 3. The third-order valence-electron chi connectivity index (χ3n) is 3.04. The van der Waals surface area contributed by atoms with Crippen LogP contribution in [-0.4, -0.2) is 15.5 Å². The van der Waals surface area contributed by atoms with Crippen LogP contribution in [0.1, 0.15) is 11.1 Å². The molecule has 0 aliphatic carbocycles. The number of rotatable bonds is 4. The fourth-order valence-electron chi connectivity index (χ4n) is 1.99. The lowest BCUT2D eigenvalue weighted by molar-refractivity contribution is 0.403. The van der Waals surface area contributed by atoms with Crippen molar-refractivity contribution in [3.8, 4) is 5.75 Å². The maximum Gasteiger partial charge on any atom is 0.265 e. The molecule has 2 rings (SSSR count). The number of nitrogens with one attached hydrogen (secondary N) is 1. The Hall–Kier alpha value is -1.72. The maximum atomic E-state index is 12.5. The minimum absolute atomic E-state index is 0.0116. The third kappa shape index (κ3) is 3.49. The van der Waals surface area contributed by atoms with E-state index in [-0.39, 0.29) is 10.6 Å². The zero-order valence-electron chi connectivity index (χ0n) is 12.0. The Morgan fingerprint density at radius 1 is 1.10 bits per heavy atom. The van der Waals surface area contributed by atoms with Crippen LogP contribution in [-0.2, 0) is 10.0 Å². The lowest BCUT2D eigenvalue weighted by Crippen LogP contribution is -2.15. The second kappa shape index (κ2) is 5.95. The van der Waals surface area contributed by atoms with Gasteiger partial charge in [0.05, 0.1) is 12.8 Å². The predicted octanol–water partition coefficient (Wildman–Crippen LogP) is 3.77. The van der Waals surface area contributed by atoms with E-state index < -0.39 is 10.0 Å². The fraction of sp³-hybridized carbons (Fsp3) is 0.200. The van der Waals surface area contributed by atoms with Gasteiger partial charge in [0.2, 0.25) is 0 Å². The van der Waals surface area contributed by atoms with Crippen LogP contribution < -0.4 is 9.46 Å². The molecule has 6 heteroatoms. The summed E-state index contributed by atoms with van der Waals surface area (Å²) in [5, 5.41) is 0.330. The van der Waals surface area contributed by atoms with Crippen molar-refractivity contribution in [1.82, 2.24) is 0 Å². The fourth-order valence-corrected chi connectivity index (χ4v) is 3.55. The Bertz CT molecular complexity index is 772. The van der Waals surface area contributed by atoms with E-state index in [2.05, 4.69) is 4.72 Å². The first-order valence-corrected chi connectivity index (χ1v) is 8.13. The number of aryl methyl sites for hydroxylation is 2. The van der Waals surface area contributed by atoms with Crippen LogP contribution in [0.25, 0.3) is 0 Å². The van der Waals surface area contributed by atoms with Crippen LogP contribution in [0.4, 0.5) is 5.69 Å². The van der Waals surface area contributed by atoms with Crippen molar-refractivity contribution in [2.24, 2.45) is 0 Å². The Morgan fingerprint density at radius 3 is 2.43 bits per heavy atom. The van der Waals surface area contributed by atoms with Crippen molar-refractivity contribution in [2.45, 2.75) is 18.7 Å². The van der Waals surface area contributed by atoms with Crippen LogP contribution >= 0.6 is 11.6 Å². The van der Waals surface area contributed by atoms with Gasteiger partial charge in [0.15, 0.2) is 0 Å². The molecular formula is C15H16ClNO3S. The molecule has 0 atom stereocenters. The minimum atomic E-state index is -3.77. The number of sulfonamides is 1. The van der Waals surface area contributed by atoms with E-state index in [1.54, 1.807) is 12.1 Å². The van der Waals surface area contributed by atoms with E-state index in [4.69, 9.17) is 16.3 Å². The zero-order chi connectivity index (χ0) is 15.6. The molecule has 0 saturated carbocycles.